The van der Waals surface area contributed by atoms with Crippen LogP contribution in [-0.4, -0.2) is 28.8 Å². The van der Waals surface area contributed by atoms with Crippen molar-refractivity contribution >= 4 is 22.9 Å². The summed E-state index contributed by atoms with van der Waals surface area (Å²) >= 11 is 1.53. The van der Waals surface area contributed by atoms with Crippen LogP contribution in [-0.2, 0) is 11.2 Å². The fourth-order valence-electron chi connectivity index (χ4n) is 3.75. The number of amides is 1. The van der Waals surface area contributed by atoms with E-state index in [1.54, 1.807) is 0 Å². The summed E-state index contributed by atoms with van der Waals surface area (Å²) in [6.45, 7) is 3.93. The number of hydrogen-bond donors (Lipinski definition) is 3. The Kier molecular flexibility index (Phi) is 5.69. The number of carbonyl (C=O) groups excluding carboxylic acids is 1. The van der Waals surface area contributed by atoms with Gasteiger partial charge in [-0.25, -0.2) is 0 Å². The molecule has 3 aromatic rings. The number of benzene rings is 2. The van der Waals surface area contributed by atoms with E-state index in [1.165, 1.54) is 16.9 Å². The molecule has 1 heterocycles. The summed E-state index contributed by atoms with van der Waals surface area (Å²) in [5.41, 5.74) is 16.5. The monoisotopic (exact) mass is 423 g/mol. The fourth-order valence-corrected chi connectivity index (χ4v) is 4.64. The Morgan fingerprint density at radius 1 is 1.27 bits per heavy atom. The van der Waals surface area contributed by atoms with Crippen LogP contribution in [0.3, 0.4) is 0 Å². The molecule has 156 valence electrons. The first kappa shape index (κ1) is 20.3. The van der Waals surface area contributed by atoms with Crippen molar-refractivity contribution in [3.63, 3.8) is 0 Å². The average Bonchev–Trinajstić information content (AvgIpc) is 3.37. The molecule has 1 atom stereocenters. The van der Waals surface area contributed by atoms with Crippen LogP contribution in [0.2, 0.25) is 0 Å². The van der Waals surface area contributed by atoms with Crippen LogP contribution in [0.15, 0.2) is 36.4 Å². The molecular formula is C22H25N5O2S. The van der Waals surface area contributed by atoms with Crippen LogP contribution >= 0.6 is 11.3 Å². The van der Waals surface area contributed by atoms with Crippen LogP contribution in [0.4, 0.5) is 5.69 Å². The Morgan fingerprint density at radius 3 is 2.80 bits per heavy atom. The Labute approximate surface area is 179 Å². The highest BCUT2D eigenvalue weighted by molar-refractivity contribution is 7.17. The molecule has 0 bridgehead atoms. The normalized spacial score (nSPS) is 15.3. The summed E-state index contributed by atoms with van der Waals surface area (Å²) in [6.07, 6.45) is 1.80. The lowest BCUT2D eigenvalue weighted by Crippen LogP contribution is -2.32. The molecule has 0 saturated carbocycles. The molecule has 4 rings (SSSR count). The van der Waals surface area contributed by atoms with Gasteiger partial charge in [0.15, 0.2) is 0 Å². The molecule has 30 heavy (non-hydrogen) atoms. The Balaban J connectivity index is 1.61. The molecule has 1 amide bonds. The van der Waals surface area contributed by atoms with Crippen LogP contribution in [0.5, 0.6) is 5.75 Å². The first-order valence-corrected chi connectivity index (χ1v) is 10.8. The summed E-state index contributed by atoms with van der Waals surface area (Å²) in [5.74, 6) is 0.531. The molecule has 0 aliphatic heterocycles. The number of anilines is 1. The Bertz CT molecular complexity index is 1080. The number of carbonyl (C=O) groups is 1. The molecular weight excluding hydrogens is 398 g/mol. The molecule has 0 saturated heterocycles. The van der Waals surface area contributed by atoms with Gasteiger partial charge in [0.1, 0.15) is 15.8 Å². The summed E-state index contributed by atoms with van der Waals surface area (Å²) in [5, 5.41) is 13.5. The zero-order valence-electron chi connectivity index (χ0n) is 17.0. The minimum atomic E-state index is -0.140. The lowest BCUT2D eigenvalue weighted by atomic mass is 10.0. The van der Waals surface area contributed by atoms with Gasteiger partial charge in [-0.3, -0.25) is 4.79 Å². The van der Waals surface area contributed by atoms with Crippen molar-refractivity contribution in [3.05, 3.63) is 47.5 Å². The number of nitrogens with zero attached hydrogens (tertiary/aromatic N) is 2. The van der Waals surface area contributed by atoms with E-state index >= 15 is 0 Å². The molecule has 1 aliphatic carbocycles. The number of rotatable bonds is 6. The minimum absolute atomic E-state index is 0.00306. The van der Waals surface area contributed by atoms with Crippen molar-refractivity contribution in [2.24, 2.45) is 5.73 Å². The summed E-state index contributed by atoms with van der Waals surface area (Å²) in [4.78, 5) is 11.7. The van der Waals surface area contributed by atoms with Gasteiger partial charge in [-0.05, 0) is 56.0 Å². The van der Waals surface area contributed by atoms with Crippen molar-refractivity contribution in [1.29, 1.82) is 0 Å². The lowest BCUT2D eigenvalue weighted by Gasteiger charge is -2.14. The summed E-state index contributed by atoms with van der Waals surface area (Å²) in [7, 11) is 0. The second-order valence-corrected chi connectivity index (χ2v) is 8.55. The maximum atomic E-state index is 11.7. The Hall–Kier alpha value is -2.97. The first-order chi connectivity index (χ1) is 14.5. The molecule has 2 aromatic carbocycles. The second kappa shape index (κ2) is 8.41. The van der Waals surface area contributed by atoms with Gasteiger partial charge in [-0.15, -0.1) is 10.2 Å². The third-order valence-corrected chi connectivity index (χ3v) is 6.07. The van der Waals surface area contributed by atoms with E-state index in [2.05, 4.69) is 27.6 Å². The zero-order valence-corrected chi connectivity index (χ0v) is 17.8. The van der Waals surface area contributed by atoms with E-state index in [0.29, 0.717) is 11.4 Å². The Morgan fingerprint density at radius 2 is 2.07 bits per heavy atom. The highest BCUT2D eigenvalue weighted by Gasteiger charge is 2.27. The van der Waals surface area contributed by atoms with Gasteiger partial charge < -0.3 is 21.5 Å². The molecule has 8 heteroatoms. The highest BCUT2D eigenvalue weighted by Crippen LogP contribution is 2.40. The van der Waals surface area contributed by atoms with Crippen LogP contribution in [0.25, 0.3) is 21.1 Å². The SMILES string of the molecule is CC(C)Oc1ccc(-c2nnc(-c3cccc4c3CCC4NC(=O)CN)s2)cc1N. The molecule has 0 spiro atoms. The van der Waals surface area contributed by atoms with E-state index < -0.39 is 0 Å². The topological polar surface area (TPSA) is 116 Å². The molecule has 5 N–H and O–H groups in total. The van der Waals surface area contributed by atoms with E-state index in [-0.39, 0.29) is 24.6 Å². The van der Waals surface area contributed by atoms with Gasteiger partial charge in [-0.2, -0.15) is 0 Å². The van der Waals surface area contributed by atoms with E-state index in [9.17, 15) is 4.79 Å². The van der Waals surface area contributed by atoms with Gasteiger partial charge >= 0.3 is 0 Å². The van der Waals surface area contributed by atoms with E-state index in [4.69, 9.17) is 16.2 Å². The zero-order chi connectivity index (χ0) is 21.3. The van der Waals surface area contributed by atoms with Gasteiger partial charge in [0, 0.05) is 11.1 Å². The lowest BCUT2D eigenvalue weighted by molar-refractivity contribution is -0.120. The van der Waals surface area contributed by atoms with E-state index in [1.807, 2.05) is 38.1 Å². The standard InChI is InChI=1S/C22H25N5O2S/c1-12(2)29-19-9-6-13(10-17(19)24)21-26-27-22(30-21)16-5-3-4-15-14(16)7-8-18(15)25-20(28)11-23/h3-6,9-10,12,18H,7-8,11,23-24H2,1-2H3,(H,25,28). The number of hydrogen-bond acceptors (Lipinski definition) is 7. The molecule has 1 unspecified atom stereocenters. The van der Waals surface area contributed by atoms with Gasteiger partial charge in [0.2, 0.25) is 5.91 Å². The van der Waals surface area contributed by atoms with Crippen molar-refractivity contribution in [2.45, 2.75) is 38.8 Å². The van der Waals surface area contributed by atoms with Crippen molar-refractivity contribution in [2.75, 3.05) is 12.3 Å². The second-order valence-electron chi connectivity index (χ2n) is 7.57. The minimum Gasteiger partial charge on any atom is -0.489 e. The number of ether oxygens (including phenoxy) is 1. The van der Waals surface area contributed by atoms with Crippen LogP contribution in [0.1, 0.15) is 37.4 Å². The maximum Gasteiger partial charge on any atom is 0.234 e. The molecule has 7 nitrogen and oxygen atoms in total. The number of nitrogens with one attached hydrogen (secondary N) is 1. The van der Waals surface area contributed by atoms with Crippen molar-refractivity contribution in [1.82, 2.24) is 15.5 Å². The first-order valence-electron chi connectivity index (χ1n) is 9.98. The van der Waals surface area contributed by atoms with Crippen LogP contribution in [0, 0.1) is 0 Å². The van der Waals surface area contributed by atoms with Crippen molar-refractivity contribution < 1.29 is 9.53 Å². The maximum absolute atomic E-state index is 11.7. The van der Waals surface area contributed by atoms with Crippen molar-refractivity contribution in [3.8, 4) is 26.9 Å². The smallest absolute Gasteiger partial charge is 0.234 e. The number of nitrogens with two attached hydrogens (primary N) is 2. The highest BCUT2D eigenvalue weighted by atomic mass is 32.1. The third-order valence-electron chi connectivity index (χ3n) is 5.07. The quantitative estimate of drug-likeness (QED) is 0.524. The molecule has 1 aromatic heterocycles. The third kappa shape index (κ3) is 4.01. The number of nitrogen functional groups attached to an aromatic ring is 1. The molecule has 0 radical (unpaired) electrons. The average molecular weight is 424 g/mol. The molecule has 1 aliphatic rings. The molecule has 0 fully saturated rings. The fraction of sp³-hybridized carbons (Fsp3) is 0.318. The summed E-state index contributed by atoms with van der Waals surface area (Å²) < 4.78 is 5.71. The van der Waals surface area contributed by atoms with Gasteiger partial charge in [0.25, 0.3) is 0 Å². The summed E-state index contributed by atoms with van der Waals surface area (Å²) in [6, 6.07) is 11.8. The predicted octanol–water partition coefficient (Wildman–Crippen LogP) is 3.30. The van der Waals surface area contributed by atoms with E-state index in [0.717, 1.165) is 39.5 Å². The predicted molar refractivity (Wildman–Crippen MR) is 119 cm³/mol. The van der Waals surface area contributed by atoms with Crippen LogP contribution < -0.4 is 21.5 Å². The number of fused-ring (bicyclic) bond motifs is 1. The van der Waals surface area contributed by atoms with Gasteiger partial charge in [-0.1, -0.05) is 29.5 Å². The largest absolute Gasteiger partial charge is 0.489 e. The number of aromatic nitrogens is 2. The van der Waals surface area contributed by atoms with Gasteiger partial charge in [0.05, 0.1) is 24.4 Å².